The maximum atomic E-state index is 11.5. The fourth-order valence-corrected chi connectivity index (χ4v) is 5.72. The number of carbonyl (C=O) groups is 3. The van der Waals surface area contributed by atoms with Crippen molar-refractivity contribution in [2.75, 3.05) is 0 Å². The highest BCUT2D eigenvalue weighted by atomic mass is 16.4. The number of aliphatic carboxylic acids is 2. The smallest absolute Gasteiger partial charge is 0.303 e. The number of amides is 1. The number of carbonyl (C=O) groups excluding carboxylic acids is 1. The van der Waals surface area contributed by atoms with Crippen LogP contribution < -0.4 is 16.0 Å². The number of H-pyrrole nitrogens is 3. The second kappa shape index (κ2) is 14.6. The van der Waals surface area contributed by atoms with Gasteiger partial charge in [0.15, 0.2) is 5.88 Å². The summed E-state index contributed by atoms with van der Waals surface area (Å²) in [6.07, 6.45) is 9.14. The van der Waals surface area contributed by atoms with Gasteiger partial charge in [0.25, 0.3) is 0 Å². The third-order valence-electron chi connectivity index (χ3n) is 8.18. The van der Waals surface area contributed by atoms with Crippen molar-refractivity contribution in [3.05, 3.63) is 72.8 Å². The zero-order valence-electron chi connectivity index (χ0n) is 25.9. The maximum absolute atomic E-state index is 11.5. The zero-order valence-corrected chi connectivity index (χ0v) is 25.9. The van der Waals surface area contributed by atoms with Gasteiger partial charge in [-0.3, -0.25) is 14.4 Å². The average Bonchev–Trinajstić information content (AvgIpc) is 3.50. The molecule has 0 aliphatic carbocycles. The van der Waals surface area contributed by atoms with Gasteiger partial charge in [0.1, 0.15) is 0 Å². The number of aromatic nitrogens is 3. The van der Waals surface area contributed by atoms with Gasteiger partial charge in [-0.2, -0.15) is 0 Å². The van der Waals surface area contributed by atoms with E-state index in [0.29, 0.717) is 25.7 Å². The summed E-state index contributed by atoms with van der Waals surface area (Å²) < 4.78 is 0. The fourth-order valence-electron chi connectivity index (χ4n) is 5.72. The molecule has 0 aliphatic heterocycles. The first-order chi connectivity index (χ1) is 20.4. The Labute approximate surface area is 251 Å². The van der Waals surface area contributed by atoms with Crippen molar-refractivity contribution < 1.29 is 29.7 Å². The molecular formula is C33H44N4O6. The van der Waals surface area contributed by atoms with Gasteiger partial charge in [0.05, 0.1) is 6.04 Å². The first kappa shape index (κ1) is 33.0. The number of carboxylic acids is 2. The quantitative estimate of drug-likeness (QED) is 0.105. The van der Waals surface area contributed by atoms with Crippen LogP contribution in [0.4, 0.5) is 0 Å². The molecule has 0 bridgehead atoms. The van der Waals surface area contributed by atoms with Gasteiger partial charge >= 0.3 is 11.9 Å². The number of hydrogen-bond acceptors (Lipinski definition) is 4. The van der Waals surface area contributed by atoms with E-state index in [1.54, 1.807) is 0 Å². The van der Waals surface area contributed by atoms with E-state index in [2.05, 4.69) is 20.3 Å². The largest absolute Gasteiger partial charge is 0.494 e. The minimum Gasteiger partial charge on any atom is -0.494 e. The van der Waals surface area contributed by atoms with Gasteiger partial charge in [-0.15, -0.1) is 0 Å². The van der Waals surface area contributed by atoms with E-state index in [1.807, 2.05) is 59.8 Å². The Bertz CT molecular complexity index is 1640. The lowest BCUT2D eigenvalue weighted by atomic mass is 10.0. The third kappa shape index (κ3) is 7.88. The molecule has 43 heavy (non-hydrogen) atoms. The number of aromatic amines is 3. The number of allylic oxidation sites excluding steroid dienone is 1. The molecule has 10 heteroatoms. The predicted molar refractivity (Wildman–Crippen MR) is 167 cm³/mol. The Hall–Kier alpha value is -4.47. The molecule has 10 nitrogen and oxygen atoms in total. The SMILES string of the molecule is CCC=C(C)C(C=c1[nH]c(=Cc2[nH]c(Cc3[nH]c(O)c(C)c3CC)c(C)c2CCC(=O)O)c(CCC(=O)O)c1C)NC=O. The lowest BCUT2D eigenvalue weighted by Crippen LogP contribution is -2.29. The summed E-state index contributed by atoms with van der Waals surface area (Å²) in [6.45, 7) is 11.8. The molecule has 3 heterocycles. The van der Waals surface area contributed by atoms with Crippen molar-refractivity contribution in [3.8, 4) is 5.88 Å². The predicted octanol–water partition coefficient (Wildman–Crippen LogP) is 3.57. The van der Waals surface area contributed by atoms with Crippen molar-refractivity contribution in [2.24, 2.45) is 0 Å². The number of hydrogen-bond donors (Lipinski definition) is 7. The van der Waals surface area contributed by atoms with Crippen LogP contribution in [-0.2, 0) is 40.1 Å². The second-order valence-electron chi connectivity index (χ2n) is 11.0. The van der Waals surface area contributed by atoms with Crippen LogP contribution in [0.25, 0.3) is 12.2 Å². The number of carboxylic acid groups (broad SMARTS) is 2. The van der Waals surface area contributed by atoms with E-state index in [4.69, 9.17) is 0 Å². The van der Waals surface area contributed by atoms with Crippen LogP contribution in [0.2, 0.25) is 0 Å². The van der Waals surface area contributed by atoms with Crippen molar-refractivity contribution in [1.82, 2.24) is 20.3 Å². The molecule has 0 spiro atoms. The lowest BCUT2D eigenvalue weighted by Gasteiger charge is -2.12. The normalized spacial score (nSPS) is 13.5. The minimum atomic E-state index is -0.907. The monoisotopic (exact) mass is 592 g/mol. The van der Waals surface area contributed by atoms with Gasteiger partial charge < -0.3 is 35.6 Å². The molecular weight excluding hydrogens is 548 g/mol. The first-order valence-corrected chi connectivity index (χ1v) is 14.7. The molecule has 7 N–H and O–H groups in total. The summed E-state index contributed by atoms with van der Waals surface area (Å²) in [5.41, 5.74) is 8.93. The van der Waals surface area contributed by atoms with Crippen molar-refractivity contribution in [3.63, 3.8) is 0 Å². The van der Waals surface area contributed by atoms with E-state index in [0.717, 1.165) is 79.6 Å². The minimum absolute atomic E-state index is 0.0433. The van der Waals surface area contributed by atoms with Crippen molar-refractivity contribution in [1.29, 1.82) is 0 Å². The highest BCUT2D eigenvalue weighted by Crippen LogP contribution is 2.28. The summed E-state index contributed by atoms with van der Waals surface area (Å²) >= 11 is 0. The Morgan fingerprint density at radius 2 is 1.51 bits per heavy atom. The summed E-state index contributed by atoms with van der Waals surface area (Å²) in [6, 6.07) is -0.339. The van der Waals surface area contributed by atoms with Crippen LogP contribution >= 0.6 is 0 Å². The van der Waals surface area contributed by atoms with Gasteiger partial charge in [-0.05, 0) is 93.3 Å². The molecule has 3 aromatic heterocycles. The van der Waals surface area contributed by atoms with Crippen molar-refractivity contribution in [2.45, 2.75) is 92.5 Å². The van der Waals surface area contributed by atoms with Gasteiger partial charge in [-0.25, -0.2) is 0 Å². The summed E-state index contributed by atoms with van der Waals surface area (Å²) in [4.78, 5) is 44.4. The van der Waals surface area contributed by atoms with E-state index in [1.165, 1.54) is 0 Å². The second-order valence-corrected chi connectivity index (χ2v) is 11.0. The highest BCUT2D eigenvalue weighted by molar-refractivity contribution is 5.68. The van der Waals surface area contributed by atoms with Gasteiger partial charge in [-0.1, -0.05) is 25.5 Å². The topological polar surface area (TPSA) is 171 Å². The van der Waals surface area contributed by atoms with Crippen LogP contribution in [0.5, 0.6) is 5.88 Å². The fraction of sp³-hybridized carbons (Fsp3) is 0.424. The van der Waals surface area contributed by atoms with Gasteiger partial charge in [0, 0.05) is 52.6 Å². The molecule has 1 atom stereocenters. The third-order valence-corrected chi connectivity index (χ3v) is 8.18. The molecule has 0 radical (unpaired) electrons. The van der Waals surface area contributed by atoms with E-state index in [9.17, 15) is 29.7 Å². The van der Waals surface area contributed by atoms with Gasteiger partial charge in [0.2, 0.25) is 6.41 Å². The molecule has 3 aromatic rings. The molecule has 0 aliphatic rings. The highest BCUT2D eigenvalue weighted by Gasteiger charge is 2.19. The molecule has 0 aromatic carbocycles. The Morgan fingerprint density at radius 1 is 0.860 bits per heavy atom. The number of rotatable bonds is 15. The summed E-state index contributed by atoms with van der Waals surface area (Å²) in [7, 11) is 0. The number of nitrogens with one attached hydrogen (secondary N) is 4. The van der Waals surface area contributed by atoms with Crippen molar-refractivity contribution >= 4 is 30.5 Å². The standard InChI is InChI=1S/C33H44N4O6/c1-7-9-18(3)25(34-17-38)14-26-19(4)23(10-12-31(39)40)29(35-26)16-30-24(11-13-32(41)42)20(5)27(36-30)15-28-22(8-2)21(6)33(43)37-28/h9,14,16-17,25,35-37,43H,7-8,10-13,15H2,1-6H3,(H,34,38)(H,39,40)(H,41,42). The van der Waals surface area contributed by atoms with Crippen LogP contribution in [-0.4, -0.2) is 54.7 Å². The van der Waals surface area contributed by atoms with Crippen LogP contribution in [0, 0.1) is 20.8 Å². The molecule has 0 saturated heterocycles. The summed E-state index contributed by atoms with van der Waals surface area (Å²) in [5, 5.41) is 33.5. The van der Waals surface area contributed by atoms with Crippen LogP contribution in [0.15, 0.2) is 11.6 Å². The molecule has 0 fully saturated rings. The zero-order chi connectivity index (χ0) is 31.8. The van der Waals surface area contributed by atoms with E-state index >= 15 is 0 Å². The molecule has 232 valence electrons. The molecule has 1 unspecified atom stereocenters. The molecule has 1 amide bonds. The van der Waals surface area contributed by atoms with Crippen LogP contribution in [0.3, 0.4) is 0 Å². The van der Waals surface area contributed by atoms with E-state index < -0.39 is 11.9 Å². The Morgan fingerprint density at radius 3 is 2.09 bits per heavy atom. The van der Waals surface area contributed by atoms with Crippen LogP contribution in [0.1, 0.15) is 90.5 Å². The first-order valence-electron chi connectivity index (χ1n) is 14.7. The molecule has 3 rings (SSSR count). The molecule has 0 saturated carbocycles. The summed E-state index contributed by atoms with van der Waals surface area (Å²) in [5.74, 6) is -1.66. The van der Waals surface area contributed by atoms with E-state index in [-0.39, 0.29) is 24.8 Å². The lowest BCUT2D eigenvalue weighted by molar-refractivity contribution is -0.138. The maximum Gasteiger partial charge on any atom is 0.303 e. The average molecular weight is 593 g/mol. The Kier molecular flexibility index (Phi) is 11.2. The number of aromatic hydroxyl groups is 1. The Balaban J connectivity index is 2.24.